The summed E-state index contributed by atoms with van der Waals surface area (Å²) in [5.41, 5.74) is -2.20. The number of pyridine rings is 1. The van der Waals surface area contributed by atoms with Crippen LogP contribution in [0.25, 0.3) is 0 Å². The van der Waals surface area contributed by atoms with Gasteiger partial charge in [-0.15, -0.1) is 11.3 Å². The lowest BCUT2D eigenvalue weighted by Crippen LogP contribution is -2.30. The minimum atomic E-state index is -4.40. The van der Waals surface area contributed by atoms with Crippen molar-refractivity contribution in [3.05, 3.63) is 76.6 Å². The van der Waals surface area contributed by atoms with Crippen LogP contribution >= 0.6 is 23.1 Å². The van der Waals surface area contributed by atoms with Crippen LogP contribution in [-0.4, -0.2) is 21.4 Å². The maximum atomic E-state index is 12.6. The van der Waals surface area contributed by atoms with E-state index >= 15 is 0 Å². The summed E-state index contributed by atoms with van der Waals surface area (Å²) in [6.45, 7) is 1.61. The molecule has 0 aliphatic carbocycles. The molecule has 1 amide bonds. The molecule has 0 radical (unpaired) electrons. The zero-order valence-corrected chi connectivity index (χ0v) is 16.4. The van der Waals surface area contributed by atoms with Gasteiger partial charge < -0.3 is 5.32 Å². The zero-order valence-electron chi connectivity index (χ0n) is 14.7. The van der Waals surface area contributed by atoms with E-state index < -0.39 is 5.51 Å². The Balaban J connectivity index is 1.76. The largest absolute Gasteiger partial charge is 0.448 e. The highest BCUT2D eigenvalue weighted by Crippen LogP contribution is 2.39. The zero-order chi connectivity index (χ0) is 20.1. The first-order chi connectivity index (χ1) is 13.3. The average Bonchev–Trinajstić information content (AvgIpc) is 2.98. The molecule has 3 rings (SSSR count). The summed E-state index contributed by atoms with van der Waals surface area (Å²) in [4.78, 5) is 21.1. The van der Waals surface area contributed by atoms with Crippen molar-refractivity contribution >= 4 is 29.0 Å². The Morgan fingerprint density at radius 3 is 2.43 bits per heavy atom. The second kappa shape index (κ2) is 8.74. The second-order valence-electron chi connectivity index (χ2n) is 5.90. The van der Waals surface area contributed by atoms with Gasteiger partial charge in [0.05, 0.1) is 18.2 Å². The average molecular weight is 423 g/mol. The Labute approximate surface area is 168 Å². The Kier molecular flexibility index (Phi) is 6.35. The van der Waals surface area contributed by atoms with Crippen LogP contribution in [0.3, 0.4) is 0 Å². The fourth-order valence-electron chi connectivity index (χ4n) is 2.63. The van der Waals surface area contributed by atoms with Gasteiger partial charge in [-0.2, -0.15) is 13.2 Å². The number of nitrogens with zero attached hydrogens (tertiary/aromatic N) is 2. The Hall–Kier alpha value is -2.39. The molecular weight excluding hydrogens is 407 g/mol. The molecule has 146 valence electrons. The molecule has 0 aliphatic heterocycles. The molecular formula is C19H16F3N3OS2. The minimum absolute atomic E-state index is 0.0314. The number of alkyl halides is 3. The molecule has 0 bridgehead atoms. The molecule has 4 nitrogen and oxygen atoms in total. The van der Waals surface area contributed by atoms with Gasteiger partial charge in [0.25, 0.3) is 0 Å². The first-order valence-electron chi connectivity index (χ1n) is 8.28. The topological polar surface area (TPSA) is 54.9 Å². The van der Waals surface area contributed by atoms with E-state index in [1.807, 2.05) is 42.5 Å². The molecule has 9 heteroatoms. The lowest BCUT2D eigenvalue weighted by atomic mass is 9.99. The lowest BCUT2D eigenvalue weighted by molar-refractivity contribution is -0.120. The molecule has 2 aromatic heterocycles. The van der Waals surface area contributed by atoms with Gasteiger partial charge in [0.2, 0.25) is 5.91 Å². The van der Waals surface area contributed by atoms with Crippen molar-refractivity contribution in [2.75, 3.05) is 0 Å². The number of hydrogen-bond donors (Lipinski definition) is 1. The first-order valence-corrected chi connectivity index (χ1v) is 9.91. The fourth-order valence-corrected chi connectivity index (χ4v) is 4.55. The van der Waals surface area contributed by atoms with E-state index in [0.29, 0.717) is 10.6 Å². The van der Waals surface area contributed by atoms with Gasteiger partial charge in [0.1, 0.15) is 0 Å². The van der Waals surface area contributed by atoms with Crippen molar-refractivity contribution < 1.29 is 18.0 Å². The number of hydrogen-bond acceptors (Lipinski definition) is 5. The van der Waals surface area contributed by atoms with Gasteiger partial charge in [0, 0.05) is 29.0 Å². The standard InChI is InChI=1S/C19H16F3N3OS2/c1-12-15(27-18(24-12)28-19(20,21)22)11-16(26)25-17(13-5-3-2-4-6-13)14-7-9-23-10-8-14/h2-10,17H,11H2,1H3,(H,25,26)/t17-/m1/s1. The van der Waals surface area contributed by atoms with E-state index in [-0.39, 0.29) is 34.5 Å². The number of amides is 1. The van der Waals surface area contributed by atoms with E-state index in [9.17, 15) is 18.0 Å². The monoisotopic (exact) mass is 423 g/mol. The molecule has 0 spiro atoms. The maximum absolute atomic E-state index is 12.6. The van der Waals surface area contributed by atoms with Crippen molar-refractivity contribution in [2.45, 2.75) is 29.2 Å². The van der Waals surface area contributed by atoms with Crippen LogP contribution in [0.5, 0.6) is 0 Å². The van der Waals surface area contributed by atoms with E-state index in [2.05, 4.69) is 15.3 Å². The normalized spacial score (nSPS) is 12.6. The SMILES string of the molecule is Cc1nc(SC(F)(F)F)sc1CC(=O)N[C@H](c1ccccc1)c1ccncc1. The molecule has 1 atom stereocenters. The van der Waals surface area contributed by atoms with E-state index in [4.69, 9.17) is 0 Å². The Morgan fingerprint density at radius 2 is 1.79 bits per heavy atom. The second-order valence-corrected chi connectivity index (χ2v) is 8.30. The third kappa shape index (κ3) is 5.56. The quantitative estimate of drug-likeness (QED) is 0.573. The van der Waals surface area contributed by atoms with Crippen LogP contribution < -0.4 is 5.32 Å². The van der Waals surface area contributed by atoms with Crippen molar-refractivity contribution in [1.29, 1.82) is 0 Å². The number of thioether (sulfide) groups is 1. The number of nitrogens with one attached hydrogen (secondary N) is 1. The maximum Gasteiger partial charge on any atom is 0.448 e. The highest BCUT2D eigenvalue weighted by molar-refractivity contribution is 8.01. The van der Waals surface area contributed by atoms with Crippen LogP contribution in [0, 0.1) is 6.92 Å². The van der Waals surface area contributed by atoms with Crippen molar-refractivity contribution in [2.24, 2.45) is 0 Å². The number of rotatable bonds is 6. The Morgan fingerprint density at radius 1 is 1.14 bits per heavy atom. The van der Waals surface area contributed by atoms with Gasteiger partial charge in [0.15, 0.2) is 4.34 Å². The van der Waals surface area contributed by atoms with Crippen molar-refractivity contribution in [3.63, 3.8) is 0 Å². The highest BCUT2D eigenvalue weighted by atomic mass is 32.2. The summed E-state index contributed by atoms with van der Waals surface area (Å²) >= 11 is 0.634. The number of halogens is 3. The van der Waals surface area contributed by atoms with Crippen LogP contribution in [0.1, 0.15) is 27.7 Å². The first kappa shape index (κ1) is 20.3. The molecule has 1 aromatic carbocycles. The molecule has 0 saturated carbocycles. The Bertz CT molecular complexity index is 891. The van der Waals surface area contributed by atoms with Gasteiger partial charge in [-0.3, -0.25) is 9.78 Å². The molecule has 28 heavy (non-hydrogen) atoms. The molecule has 2 heterocycles. The smallest absolute Gasteiger partial charge is 0.345 e. The fraction of sp³-hybridized carbons (Fsp3) is 0.211. The van der Waals surface area contributed by atoms with Crippen LogP contribution in [0.4, 0.5) is 13.2 Å². The van der Waals surface area contributed by atoms with Gasteiger partial charge in [-0.05, 0) is 30.2 Å². The third-order valence-corrected chi connectivity index (χ3v) is 5.82. The van der Waals surface area contributed by atoms with Crippen LogP contribution in [0.15, 0.2) is 59.2 Å². The lowest BCUT2D eigenvalue weighted by Gasteiger charge is -2.19. The summed E-state index contributed by atoms with van der Waals surface area (Å²) < 4.78 is 37.5. The highest BCUT2D eigenvalue weighted by Gasteiger charge is 2.31. The molecule has 3 aromatic rings. The third-order valence-electron chi connectivity index (χ3n) is 3.87. The van der Waals surface area contributed by atoms with E-state index in [1.165, 1.54) is 0 Å². The molecule has 0 aliphatic rings. The molecule has 0 saturated heterocycles. The number of carbonyl (C=O) groups excluding carboxylic acids is 1. The molecule has 1 N–H and O–H groups in total. The summed E-state index contributed by atoms with van der Waals surface area (Å²) in [6.07, 6.45) is 3.26. The number of benzene rings is 1. The number of thiazole rings is 1. The molecule has 0 fully saturated rings. The molecule has 0 unspecified atom stereocenters. The summed E-state index contributed by atoms with van der Waals surface area (Å²) in [7, 11) is 0. The van der Waals surface area contributed by atoms with E-state index in [1.54, 1.807) is 19.3 Å². The van der Waals surface area contributed by atoms with Crippen LogP contribution in [-0.2, 0) is 11.2 Å². The summed E-state index contributed by atoms with van der Waals surface area (Å²) in [5.74, 6) is -0.291. The predicted molar refractivity (Wildman–Crippen MR) is 103 cm³/mol. The minimum Gasteiger partial charge on any atom is -0.345 e. The van der Waals surface area contributed by atoms with Gasteiger partial charge in [-0.25, -0.2) is 4.98 Å². The summed E-state index contributed by atoms with van der Waals surface area (Å²) in [6, 6.07) is 12.7. The number of aromatic nitrogens is 2. The van der Waals surface area contributed by atoms with Gasteiger partial charge in [-0.1, -0.05) is 30.3 Å². The summed E-state index contributed by atoms with van der Waals surface area (Å²) in [5, 5.41) is 2.97. The van der Waals surface area contributed by atoms with Crippen molar-refractivity contribution in [3.8, 4) is 0 Å². The van der Waals surface area contributed by atoms with E-state index in [0.717, 1.165) is 22.5 Å². The predicted octanol–water partition coefficient (Wildman–Crippen LogP) is 4.91. The van der Waals surface area contributed by atoms with Crippen LogP contribution in [0.2, 0.25) is 0 Å². The van der Waals surface area contributed by atoms with Crippen molar-refractivity contribution in [1.82, 2.24) is 15.3 Å². The number of aryl methyl sites for hydroxylation is 1. The van der Waals surface area contributed by atoms with Gasteiger partial charge >= 0.3 is 5.51 Å². The number of carbonyl (C=O) groups is 1.